The number of hydrogen-bond acceptors (Lipinski definition) is 2. The third kappa shape index (κ3) is 3.72. The number of imide groups is 1. The molecule has 0 aliphatic carbocycles. The Labute approximate surface area is 149 Å². The number of aromatic amines is 1. The molecule has 4 nitrogen and oxygen atoms in total. The van der Waals surface area contributed by atoms with Gasteiger partial charge in [0.2, 0.25) is 12.3 Å². The third-order valence-corrected chi connectivity index (χ3v) is 4.42. The first-order valence-corrected chi connectivity index (χ1v) is 8.20. The van der Waals surface area contributed by atoms with Crippen LogP contribution in [-0.2, 0) is 22.6 Å². The zero-order valence-corrected chi connectivity index (χ0v) is 14.1. The molecule has 0 fully saturated rings. The number of aryl methyl sites for hydroxylation is 1. The lowest BCUT2D eigenvalue weighted by Crippen LogP contribution is -2.29. The first-order valence-electron chi connectivity index (χ1n) is 7.83. The Morgan fingerprint density at radius 2 is 1.96 bits per heavy atom. The number of rotatable bonds is 6. The number of nitrogens with zero attached hydrogens (tertiary/aromatic N) is 1. The minimum absolute atomic E-state index is 0.0747. The SMILES string of the molecule is O=CN(Cc1ccccc1F)C(=O)CCc1c[nH]c2c(Cl)cccc12. The standard InChI is InChI=1S/C19H16ClFN2O2/c20-16-6-3-5-15-13(10-22-19(15)16)8-9-18(25)23(12-24)11-14-4-1-2-7-17(14)21/h1-7,10,12,22H,8-9,11H2. The number of aromatic nitrogens is 1. The van der Waals surface area contributed by atoms with Crippen LogP contribution >= 0.6 is 11.6 Å². The van der Waals surface area contributed by atoms with Crippen molar-refractivity contribution < 1.29 is 14.0 Å². The Hall–Kier alpha value is -2.66. The van der Waals surface area contributed by atoms with Gasteiger partial charge in [-0.15, -0.1) is 0 Å². The Morgan fingerprint density at radius 3 is 2.72 bits per heavy atom. The predicted octanol–water partition coefficient (Wildman–Crippen LogP) is 4.08. The van der Waals surface area contributed by atoms with Crippen LogP contribution < -0.4 is 0 Å². The summed E-state index contributed by atoms with van der Waals surface area (Å²) in [6.45, 7) is -0.0747. The minimum atomic E-state index is -0.437. The van der Waals surface area contributed by atoms with Gasteiger partial charge in [0, 0.05) is 23.6 Å². The lowest BCUT2D eigenvalue weighted by Gasteiger charge is -2.16. The van der Waals surface area contributed by atoms with Gasteiger partial charge in [-0.3, -0.25) is 14.5 Å². The van der Waals surface area contributed by atoms with Crippen LogP contribution in [0, 0.1) is 5.82 Å². The fourth-order valence-corrected chi connectivity index (χ4v) is 2.99. The lowest BCUT2D eigenvalue weighted by atomic mass is 10.1. The van der Waals surface area contributed by atoms with E-state index in [1.165, 1.54) is 6.07 Å². The molecule has 1 heterocycles. The summed E-state index contributed by atoms with van der Waals surface area (Å²) in [6.07, 6.45) is 2.86. The number of H-pyrrole nitrogens is 1. The Balaban J connectivity index is 1.69. The van der Waals surface area contributed by atoms with Crippen molar-refractivity contribution in [2.24, 2.45) is 0 Å². The lowest BCUT2D eigenvalue weighted by molar-refractivity contribution is -0.138. The van der Waals surface area contributed by atoms with E-state index in [9.17, 15) is 14.0 Å². The van der Waals surface area contributed by atoms with Crippen LogP contribution in [0.3, 0.4) is 0 Å². The van der Waals surface area contributed by atoms with Gasteiger partial charge in [-0.2, -0.15) is 0 Å². The van der Waals surface area contributed by atoms with E-state index >= 15 is 0 Å². The molecule has 128 valence electrons. The van der Waals surface area contributed by atoms with Crippen LogP contribution in [0.25, 0.3) is 10.9 Å². The van der Waals surface area contributed by atoms with Crippen molar-refractivity contribution in [1.82, 2.24) is 9.88 Å². The van der Waals surface area contributed by atoms with Gasteiger partial charge in [-0.1, -0.05) is 41.9 Å². The summed E-state index contributed by atoms with van der Waals surface area (Å²) >= 11 is 6.12. The molecule has 0 aliphatic rings. The molecule has 2 aromatic carbocycles. The maximum atomic E-state index is 13.7. The Kier molecular flexibility index (Phi) is 5.14. The first kappa shape index (κ1) is 17.2. The minimum Gasteiger partial charge on any atom is -0.360 e. The molecule has 0 aliphatic heterocycles. The number of amides is 2. The summed E-state index contributed by atoms with van der Waals surface area (Å²) in [5, 5.41) is 1.57. The zero-order valence-electron chi connectivity index (χ0n) is 13.3. The molecule has 0 saturated heterocycles. The fraction of sp³-hybridized carbons (Fsp3) is 0.158. The highest BCUT2D eigenvalue weighted by Crippen LogP contribution is 2.26. The molecular weight excluding hydrogens is 343 g/mol. The van der Waals surface area contributed by atoms with Crippen molar-refractivity contribution in [3.63, 3.8) is 0 Å². The summed E-state index contributed by atoms with van der Waals surface area (Å²) in [5.41, 5.74) is 2.08. The second kappa shape index (κ2) is 7.49. The van der Waals surface area contributed by atoms with E-state index in [0.29, 0.717) is 23.4 Å². The number of para-hydroxylation sites is 1. The van der Waals surface area contributed by atoms with Gasteiger partial charge in [0.25, 0.3) is 0 Å². The smallest absolute Gasteiger partial charge is 0.229 e. The highest BCUT2D eigenvalue weighted by molar-refractivity contribution is 6.35. The summed E-state index contributed by atoms with van der Waals surface area (Å²) in [7, 11) is 0. The van der Waals surface area contributed by atoms with E-state index in [0.717, 1.165) is 21.4 Å². The number of halogens is 2. The Bertz CT molecular complexity index is 923. The molecule has 1 N–H and O–H groups in total. The van der Waals surface area contributed by atoms with Crippen molar-refractivity contribution in [2.75, 3.05) is 0 Å². The van der Waals surface area contributed by atoms with Crippen LogP contribution in [0.5, 0.6) is 0 Å². The second-order valence-corrected chi connectivity index (χ2v) is 6.10. The maximum absolute atomic E-state index is 13.7. The average molecular weight is 359 g/mol. The van der Waals surface area contributed by atoms with E-state index in [4.69, 9.17) is 11.6 Å². The van der Waals surface area contributed by atoms with Gasteiger partial charge in [0.1, 0.15) is 5.82 Å². The molecule has 0 atom stereocenters. The number of carbonyl (C=O) groups is 2. The second-order valence-electron chi connectivity index (χ2n) is 5.69. The predicted molar refractivity (Wildman–Crippen MR) is 94.6 cm³/mol. The van der Waals surface area contributed by atoms with E-state index in [2.05, 4.69) is 4.98 Å². The van der Waals surface area contributed by atoms with Crippen LogP contribution in [0.4, 0.5) is 4.39 Å². The van der Waals surface area contributed by atoms with Crippen molar-refractivity contribution in [2.45, 2.75) is 19.4 Å². The van der Waals surface area contributed by atoms with Crippen molar-refractivity contribution in [3.8, 4) is 0 Å². The van der Waals surface area contributed by atoms with Crippen LogP contribution in [0.15, 0.2) is 48.7 Å². The monoisotopic (exact) mass is 358 g/mol. The molecule has 0 unspecified atom stereocenters. The maximum Gasteiger partial charge on any atom is 0.229 e. The largest absolute Gasteiger partial charge is 0.360 e. The van der Waals surface area contributed by atoms with Gasteiger partial charge in [0.15, 0.2) is 0 Å². The van der Waals surface area contributed by atoms with Gasteiger partial charge in [0.05, 0.1) is 17.1 Å². The number of benzene rings is 2. The van der Waals surface area contributed by atoms with Crippen LogP contribution in [0.1, 0.15) is 17.5 Å². The van der Waals surface area contributed by atoms with Gasteiger partial charge >= 0.3 is 0 Å². The molecule has 3 rings (SSSR count). The van der Waals surface area contributed by atoms with E-state index in [1.807, 2.05) is 18.3 Å². The third-order valence-electron chi connectivity index (χ3n) is 4.10. The number of hydrogen-bond donors (Lipinski definition) is 1. The molecule has 1 aromatic heterocycles. The van der Waals surface area contributed by atoms with Crippen LogP contribution in [0.2, 0.25) is 5.02 Å². The van der Waals surface area contributed by atoms with Crippen molar-refractivity contribution in [3.05, 3.63) is 70.6 Å². The Morgan fingerprint density at radius 1 is 1.16 bits per heavy atom. The fourth-order valence-electron chi connectivity index (χ4n) is 2.76. The molecule has 0 saturated carbocycles. The molecule has 3 aromatic rings. The topological polar surface area (TPSA) is 53.2 Å². The van der Waals surface area contributed by atoms with Gasteiger partial charge < -0.3 is 4.98 Å². The molecule has 0 bridgehead atoms. The van der Waals surface area contributed by atoms with Crippen molar-refractivity contribution >= 4 is 34.8 Å². The van der Waals surface area contributed by atoms with E-state index < -0.39 is 5.82 Å². The normalized spacial score (nSPS) is 10.8. The molecule has 6 heteroatoms. The van der Waals surface area contributed by atoms with Crippen LogP contribution in [-0.4, -0.2) is 22.2 Å². The van der Waals surface area contributed by atoms with E-state index in [1.54, 1.807) is 24.3 Å². The highest BCUT2D eigenvalue weighted by Gasteiger charge is 2.16. The quantitative estimate of drug-likeness (QED) is 0.675. The average Bonchev–Trinajstić information content (AvgIpc) is 3.03. The summed E-state index contributed by atoms with van der Waals surface area (Å²) in [4.78, 5) is 27.7. The molecular formula is C19H16ClFN2O2. The number of nitrogens with one attached hydrogen (secondary N) is 1. The van der Waals surface area contributed by atoms with Gasteiger partial charge in [-0.25, -0.2) is 4.39 Å². The molecule has 0 spiro atoms. The summed E-state index contributed by atoms with van der Waals surface area (Å²) < 4.78 is 13.7. The first-order chi connectivity index (χ1) is 12.1. The number of carbonyl (C=O) groups excluding carboxylic acids is 2. The number of fused-ring (bicyclic) bond motifs is 1. The zero-order chi connectivity index (χ0) is 17.8. The summed E-state index contributed by atoms with van der Waals surface area (Å²) in [5.74, 6) is -0.789. The van der Waals surface area contributed by atoms with E-state index in [-0.39, 0.29) is 18.9 Å². The molecule has 2 amide bonds. The van der Waals surface area contributed by atoms with Gasteiger partial charge in [-0.05, 0) is 24.1 Å². The molecule has 25 heavy (non-hydrogen) atoms. The highest BCUT2D eigenvalue weighted by atomic mass is 35.5. The van der Waals surface area contributed by atoms with Crippen molar-refractivity contribution in [1.29, 1.82) is 0 Å². The summed E-state index contributed by atoms with van der Waals surface area (Å²) in [6, 6.07) is 11.7. The molecule has 0 radical (unpaired) electrons.